The lowest BCUT2D eigenvalue weighted by molar-refractivity contribution is -0.121. The van der Waals surface area contributed by atoms with Crippen molar-refractivity contribution in [3.8, 4) is 0 Å². The molecule has 0 radical (unpaired) electrons. The van der Waals surface area contributed by atoms with Gasteiger partial charge in [-0.3, -0.25) is 4.79 Å². The third kappa shape index (κ3) is 5.40. The third-order valence-corrected chi connectivity index (χ3v) is 5.01. The zero-order valence-corrected chi connectivity index (χ0v) is 13.4. The fourth-order valence-electron chi connectivity index (χ4n) is 2.00. The molecule has 0 aliphatic heterocycles. The van der Waals surface area contributed by atoms with Crippen LogP contribution in [-0.4, -0.2) is 33.5 Å². The molecule has 1 aromatic rings. The molecule has 0 atom stereocenters. The molecular weight excluding hydrogens is 302 g/mol. The van der Waals surface area contributed by atoms with Crippen molar-refractivity contribution in [2.75, 3.05) is 13.1 Å². The van der Waals surface area contributed by atoms with Gasteiger partial charge in [-0.25, -0.2) is 13.1 Å². The number of hydrogen-bond acceptors (Lipinski definition) is 4. The predicted molar refractivity (Wildman–Crippen MR) is 84.8 cm³/mol. The highest BCUT2D eigenvalue weighted by molar-refractivity contribution is 7.89. The van der Waals surface area contributed by atoms with E-state index in [4.69, 9.17) is 5.73 Å². The molecule has 4 N–H and O–H groups in total. The van der Waals surface area contributed by atoms with E-state index in [1.54, 1.807) is 24.3 Å². The van der Waals surface area contributed by atoms with Gasteiger partial charge in [-0.15, -0.1) is 0 Å². The number of rotatable bonds is 9. The van der Waals surface area contributed by atoms with Crippen LogP contribution in [0, 0.1) is 0 Å². The highest BCUT2D eigenvalue weighted by atomic mass is 32.2. The first kappa shape index (κ1) is 16.9. The van der Waals surface area contributed by atoms with Gasteiger partial charge in [-0.05, 0) is 49.9 Å². The van der Waals surface area contributed by atoms with Crippen molar-refractivity contribution in [3.63, 3.8) is 0 Å². The summed E-state index contributed by atoms with van der Waals surface area (Å²) in [7, 11) is -3.40. The monoisotopic (exact) mass is 325 g/mol. The molecule has 0 unspecified atom stereocenters. The summed E-state index contributed by atoms with van der Waals surface area (Å²) in [6, 6.07) is 6.80. The van der Waals surface area contributed by atoms with Gasteiger partial charge >= 0.3 is 0 Å². The minimum Gasteiger partial charge on any atom is -0.356 e. The number of sulfonamides is 1. The van der Waals surface area contributed by atoms with E-state index in [0.29, 0.717) is 25.9 Å². The molecule has 1 fully saturated rings. The fraction of sp³-hybridized carbons (Fsp3) is 0.533. The van der Waals surface area contributed by atoms with Gasteiger partial charge in [0.2, 0.25) is 15.9 Å². The van der Waals surface area contributed by atoms with Gasteiger partial charge in [0.05, 0.1) is 4.90 Å². The Bertz CT molecular complexity index is 595. The minimum atomic E-state index is -3.40. The number of aryl methyl sites for hydroxylation is 1. The van der Waals surface area contributed by atoms with Crippen LogP contribution < -0.4 is 15.8 Å². The standard InChI is InChI=1S/C15H23N3O3S/c16-10-1-11-17-15(19)9-4-12-2-7-14(8-3-12)22(20,21)18-13-5-6-13/h2-3,7-8,13,18H,1,4-6,9-11,16H2,(H,17,19). The summed E-state index contributed by atoms with van der Waals surface area (Å²) < 4.78 is 26.7. The van der Waals surface area contributed by atoms with Crippen molar-refractivity contribution in [1.29, 1.82) is 0 Å². The summed E-state index contributed by atoms with van der Waals surface area (Å²) in [6.45, 7) is 1.16. The average Bonchev–Trinajstić information content (AvgIpc) is 3.29. The highest BCUT2D eigenvalue weighted by Gasteiger charge is 2.27. The van der Waals surface area contributed by atoms with Gasteiger partial charge in [-0.1, -0.05) is 12.1 Å². The van der Waals surface area contributed by atoms with E-state index in [1.807, 2.05) is 0 Å². The molecule has 7 heteroatoms. The molecule has 0 spiro atoms. The summed E-state index contributed by atoms with van der Waals surface area (Å²) in [4.78, 5) is 11.9. The zero-order valence-electron chi connectivity index (χ0n) is 12.5. The molecule has 2 rings (SSSR count). The van der Waals surface area contributed by atoms with E-state index in [9.17, 15) is 13.2 Å². The quantitative estimate of drug-likeness (QED) is 0.576. The molecule has 0 saturated heterocycles. The Kier molecular flexibility index (Phi) is 5.93. The average molecular weight is 325 g/mol. The number of hydrogen-bond donors (Lipinski definition) is 3. The number of nitrogens with two attached hydrogens (primary N) is 1. The van der Waals surface area contributed by atoms with Gasteiger partial charge in [0.1, 0.15) is 0 Å². The second-order valence-electron chi connectivity index (χ2n) is 5.53. The number of benzene rings is 1. The third-order valence-electron chi connectivity index (χ3n) is 3.48. The summed E-state index contributed by atoms with van der Waals surface area (Å²) in [6.07, 6.45) is 3.57. The van der Waals surface area contributed by atoms with Gasteiger partial charge in [0, 0.05) is 19.0 Å². The van der Waals surface area contributed by atoms with E-state index in [1.165, 1.54) is 0 Å². The van der Waals surface area contributed by atoms with Gasteiger partial charge in [0.15, 0.2) is 0 Å². The Hall–Kier alpha value is -1.44. The molecule has 1 aromatic carbocycles. The Morgan fingerprint density at radius 1 is 1.23 bits per heavy atom. The molecule has 6 nitrogen and oxygen atoms in total. The normalized spacial score (nSPS) is 14.8. The van der Waals surface area contributed by atoms with Crippen molar-refractivity contribution in [2.45, 2.75) is 43.0 Å². The summed E-state index contributed by atoms with van der Waals surface area (Å²) in [5.74, 6) is -0.0134. The van der Waals surface area contributed by atoms with Crippen LogP contribution in [0.3, 0.4) is 0 Å². The molecule has 1 amide bonds. The van der Waals surface area contributed by atoms with E-state index in [2.05, 4.69) is 10.0 Å². The molecular formula is C15H23N3O3S. The van der Waals surface area contributed by atoms with Gasteiger partial charge in [-0.2, -0.15) is 0 Å². The van der Waals surface area contributed by atoms with Crippen molar-refractivity contribution in [1.82, 2.24) is 10.0 Å². The molecule has 0 heterocycles. The fourth-order valence-corrected chi connectivity index (χ4v) is 3.31. The lowest BCUT2D eigenvalue weighted by Gasteiger charge is -2.07. The lowest BCUT2D eigenvalue weighted by atomic mass is 10.1. The highest BCUT2D eigenvalue weighted by Crippen LogP contribution is 2.22. The topological polar surface area (TPSA) is 101 Å². The molecule has 122 valence electrons. The van der Waals surface area contributed by atoms with Crippen molar-refractivity contribution in [3.05, 3.63) is 29.8 Å². The second kappa shape index (κ2) is 7.71. The number of nitrogens with one attached hydrogen (secondary N) is 2. The maximum Gasteiger partial charge on any atom is 0.240 e. The first-order chi connectivity index (χ1) is 10.5. The molecule has 1 aliphatic carbocycles. The Balaban J connectivity index is 1.82. The Morgan fingerprint density at radius 2 is 1.91 bits per heavy atom. The first-order valence-electron chi connectivity index (χ1n) is 7.59. The maximum absolute atomic E-state index is 12.0. The van der Waals surface area contributed by atoms with Crippen LogP contribution in [0.2, 0.25) is 0 Å². The summed E-state index contributed by atoms with van der Waals surface area (Å²) >= 11 is 0. The second-order valence-corrected chi connectivity index (χ2v) is 7.25. The van der Waals surface area contributed by atoms with Crippen molar-refractivity contribution in [2.24, 2.45) is 5.73 Å². The van der Waals surface area contributed by atoms with Crippen LogP contribution in [0.4, 0.5) is 0 Å². The molecule has 1 saturated carbocycles. The molecule has 0 bridgehead atoms. The predicted octanol–water partition coefficient (Wildman–Crippen LogP) is 0.525. The van der Waals surface area contributed by atoms with Crippen LogP contribution >= 0.6 is 0 Å². The van der Waals surface area contributed by atoms with Crippen LogP contribution in [-0.2, 0) is 21.2 Å². The minimum absolute atomic E-state index is 0.0134. The largest absolute Gasteiger partial charge is 0.356 e. The van der Waals surface area contributed by atoms with Gasteiger partial charge in [0.25, 0.3) is 0 Å². The molecule has 0 aromatic heterocycles. The number of carbonyl (C=O) groups excluding carboxylic acids is 1. The van der Waals surface area contributed by atoms with Crippen LogP contribution in [0.15, 0.2) is 29.2 Å². The summed E-state index contributed by atoms with van der Waals surface area (Å²) in [5, 5.41) is 2.79. The van der Waals surface area contributed by atoms with E-state index in [0.717, 1.165) is 24.8 Å². The van der Waals surface area contributed by atoms with Crippen molar-refractivity contribution < 1.29 is 13.2 Å². The lowest BCUT2D eigenvalue weighted by Crippen LogP contribution is -2.26. The molecule has 1 aliphatic rings. The van der Waals surface area contributed by atoms with Crippen LogP contribution in [0.25, 0.3) is 0 Å². The Morgan fingerprint density at radius 3 is 2.50 bits per heavy atom. The van der Waals surface area contributed by atoms with E-state index < -0.39 is 10.0 Å². The van der Waals surface area contributed by atoms with E-state index in [-0.39, 0.29) is 16.8 Å². The van der Waals surface area contributed by atoms with E-state index >= 15 is 0 Å². The summed E-state index contributed by atoms with van der Waals surface area (Å²) in [5.41, 5.74) is 6.30. The zero-order chi connectivity index (χ0) is 16.0. The van der Waals surface area contributed by atoms with Gasteiger partial charge < -0.3 is 11.1 Å². The smallest absolute Gasteiger partial charge is 0.240 e. The first-order valence-corrected chi connectivity index (χ1v) is 9.07. The van der Waals surface area contributed by atoms with Crippen LogP contribution in [0.5, 0.6) is 0 Å². The Labute approximate surface area is 131 Å². The van der Waals surface area contributed by atoms with Crippen molar-refractivity contribution >= 4 is 15.9 Å². The molecule has 22 heavy (non-hydrogen) atoms. The number of amides is 1. The number of carbonyl (C=O) groups is 1. The maximum atomic E-state index is 12.0. The SMILES string of the molecule is NCCCNC(=O)CCc1ccc(S(=O)(=O)NC2CC2)cc1. The van der Waals surface area contributed by atoms with Crippen LogP contribution in [0.1, 0.15) is 31.2 Å².